The number of benzene rings is 1. The van der Waals surface area contributed by atoms with Gasteiger partial charge in [-0.15, -0.1) is 0 Å². The van der Waals surface area contributed by atoms with Crippen LogP contribution in [-0.4, -0.2) is 68.6 Å². The molecular formula is C25H37N5O. The Morgan fingerprint density at radius 1 is 1.10 bits per heavy atom. The molecule has 31 heavy (non-hydrogen) atoms. The summed E-state index contributed by atoms with van der Waals surface area (Å²) < 4.78 is 5.73. The number of furan rings is 1. The molecule has 2 N–H and O–H groups in total. The van der Waals surface area contributed by atoms with E-state index in [9.17, 15) is 0 Å². The van der Waals surface area contributed by atoms with E-state index in [1.54, 1.807) is 6.26 Å². The Balaban J connectivity index is 1.20. The van der Waals surface area contributed by atoms with Gasteiger partial charge in [-0.05, 0) is 68.9 Å². The van der Waals surface area contributed by atoms with Crippen molar-refractivity contribution >= 4 is 5.96 Å². The summed E-state index contributed by atoms with van der Waals surface area (Å²) >= 11 is 0. The van der Waals surface area contributed by atoms with Crippen LogP contribution in [0.5, 0.6) is 0 Å². The second-order valence-electron chi connectivity index (χ2n) is 8.80. The maximum absolute atomic E-state index is 5.73. The van der Waals surface area contributed by atoms with Gasteiger partial charge in [0.2, 0.25) is 0 Å². The molecule has 2 atom stereocenters. The van der Waals surface area contributed by atoms with Crippen molar-refractivity contribution in [3.05, 3.63) is 60.1 Å². The second kappa shape index (κ2) is 11.3. The number of hydrogen-bond acceptors (Lipinski definition) is 4. The number of guanidine groups is 1. The Hall–Kier alpha value is -2.31. The highest BCUT2D eigenvalue weighted by atomic mass is 16.3. The summed E-state index contributed by atoms with van der Waals surface area (Å²) in [6.07, 6.45) is 6.70. The summed E-state index contributed by atoms with van der Waals surface area (Å²) in [6.45, 7) is 7.56. The first-order valence-corrected chi connectivity index (χ1v) is 11.8. The predicted molar refractivity (Wildman–Crippen MR) is 126 cm³/mol. The highest BCUT2D eigenvalue weighted by Crippen LogP contribution is 2.24. The lowest BCUT2D eigenvalue weighted by atomic mass is 10.1. The molecule has 0 saturated carbocycles. The molecule has 2 fully saturated rings. The van der Waals surface area contributed by atoms with Crippen LogP contribution in [-0.2, 0) is 6.42 Å². The van der Waals surface area contributed by atoms with Crippen molar-refractivity contribution in [1.29, 1.82) is 0 Å². The molecule has 1 aromatic heterocycles. The minimum atomic E-state index is 0.260. The number of likely N-dealkylation sites (tertiary alicyclic amines) is 2. The van der Waals surface area contributed by atoms with E-state index in [-0.39, 0.29) is 6.04 Å². The van der Waals surface area contributed by atoms with Crippen molar-refractivity contribution in [2.45, 2.75) is 31.7 Å². The van der Waals surface area contributed by atoms with Gasteiger partial charge in [-0.3, -0.25) is 9.89 Å². The molecule has 4 rings (SSSR count). The third-order valence-electron chi connectivity index (χ3n) is 6.63. The highest BCUT2D eigenvalue weighted by Gasteiger charge is 2.26. The first-order chi connectivity index (χ1) is 15.3. The van der Waals surface area contributed by atoms with Gasteiger partial charge in [0.15, 0.2) is 5.96 Å². The van der Waals surface area contributed by atoms with Crippen LogP contribution in [0.1, 0.15) is 36.6 Å². The molecule has 2 unspecified atom stereocenters. The lowest BCUT2D eigenvalue weighted by Crippen LogP contribution is -2.44. The molecule has 2 saturated heterocycles. The fourth-order valence-corrected chi connectivity index (χ4v) is 4.81. The van der Waals surface area contributed by atoms with Crippen LogP contribution < -0.4 is 10.6 Å². The van der Waals surface area contributed by atoms with Crippen LogP contribution in [0.15, 0.2) is 58.1 Å². The van der Waals surface area contributed by atoms with Crippen LogP contribution in [0.2, 0.25) is 0 Å². The molecule has 0 radical (unpaired) electrons. The summed E-state index contributed by atoms with van der Waals surface area (Å²) in [4.78, 5) is 9.56. The molecule has 6 nitrogen and oxygen atoms in total. The fourth-order valence-electron chi connectivity index (χ4n) is 4.81. The van der Waals surface area contributed by atoms with Crippen molar-refractivity contribution in [2.24, 2.45) is 10.9 Å². The third kappa shape index (κ3) is 6.34. The zero-order valence-electron chi connectivity index (χ0n) is 18.8. The second-order valence-corrected chi connectivity index (χ2v) is 8.80. The van der Waals surface area contributed by atoms with Crippen molar-refractivity contribution in [2.75, 3.05) is 52.9 Å². The molecule has 0 spiro atoms. The molecule has 0 bridgehead atoms. The first-order valence-electron chi connectivity index (χ1n) is 11.8. The van der Waals surface area contributed by atoms with Crippen LogP contribution in [0, 0.1) is 5.92 Å². The van der Waals surface area contributed by atoms with E-state index in [0.29, 0.717) is 5.92 Å². The molecule has 0 amide bonds. The average Bonchev–Trinajstić information content (AvgIpc) is 3.59. The van der Waals surface area contributed by atoms with Crippen molar-refractivity contribution in [1.82, 2.24) is 20.4 Å². The van der Waals surface area contributed by atoms with Gasteiger partial charge >= 0.3 is 0 Å². The predicted octanol–water partition coefficient (Wildman–Crippen LogP) is 3.15. The van der Waals surface area contributed by atoms with E-state index in [2.05, 4.69) is 61.8 Å². The zero-order chi connectivity index (χ0) is 21.3. The molecule has 3 heterocycles. The van der Waals surface area contributed by atoms with E-state index in [4.69, 9.17) is 4.42 Å². The van der Waals surface area contributed by atoms with E-state index >= 15 is 0 Å². The van der Waals surface area contributed by atoms with Gasteiger partial charge in [0, 0.05) is 33.2 Å². The Bertz CT molecular complexity index is 786. The maximum atomic E-state index is 5.73. The van der Waals surface area contributed by atoms with Crippen LogP contribution in [0.25, 0.3) is 0 Å². The van der Waals surface area contributed by atoms with Gasteiger partial charge in [-0.2, -0.15) is 0 Å². The number of nitrogens with zero attached hydrogens (tertiary/aromatic N) is 3. The molecule has 2 aliphatic heterocycles. The highest BCUT2D eigenvalue weighted by molar-refractivity contribution is 5.79. The third-order valence-corrected chi connectivity index (χ3v) is 6.63. The molecule has 2 aliphatic rings. The van der Waals surface area contributed by atoms with Gasteiger partial charge < -0.3 is 20.0 Å². The Labute approximate surface area is 186 Å². The smallest absolute Gasteiger partial charge is 0.191 e. The summed E-state index contributed by atoms with van der Waals surface area (Å²) in [7, 11) is 1.86. The zero-order valence-corrected chi connectivity index (χ0v) is 18.8. The van der Waals surface area contributed by atoms with Crippen LogP contribution in [0.3, 0.4) is 0 Å². The largest absolute Gasteiger partial charge is 0.468 e. The molecule has 168 valence electrons. The topological polar surface area (TPSA) is 56.0 Å². The van der Waals surface area contributed by atoms with Crippen LogP contribution in [0.4, 0.5) is 0 Å². The summed E-state index contributed by atoms with van der Waals surface area (Å²) in [6, 6.07) is 15.1. The van der Waals surface area contributed by atoms with Gasteiger partial charge in [0.05, 0.1) is 12.3 Å². The van der Waals surface area contributed by atoms with Crippen molar-refractivity contribution in [3.63, 3.8) is 0 Å². The fraction of sp³-hybridized carbons (Fsp3) is 0.560. The van der Waals surface area contributed by atoms with Gasteiger partial charge in [-0.25, -0.2) is 0 Å². The minimum absolute atomic E-state index is 0.260. The lowest BCUT2D eigenvalue weighted by molar-refractivity contribution is 0.215. The minimum Gasteiger partial charge on any atom is -0.468 e. The lowest BCUT2D eigenvalue weighted by Gasteiger charge is -2.27. The van der Waals surface area contributed by atoms with E-state index in [1.807, 2.05) is 13.1 Å². The molecule has 1 aromatic carbocycles. The van der Waals surface area contributed by atoms with E-state index < -0.39 is 0 Å². The van der Waals surface area contributed by atoms with Crippen LogP contribution >= 0.6 is 0 Å². The first kappa shape index (κ1) is 21.9. The van der Waals surface area contributed by atoms with Gasteiger partial charge in [-0.1, -0.05) is 30.3 Å². The number of hydrogen-bond donors (Lipinski definition) is 2. The van der Waals surface area contributed by atoms with E-state index in [0.717, 1.165) is 50.9 Å². The summed E-state index contributed by atoms with van der Waals surface area (Å²) in [5.74, 6) is 2.60. The van der Waals surface area contributed by atoms with Gasteiger partial charge in [0.25, 0.3) is 0 Å². The monoisotopic (exact) mass is 423 g/mol. The standard InChI is InChI=1S/C25H37N5O/c1-26-25(28-19-23(24-10-7-17-31-24)30-13-5-6-14-30)27-18-22-12-16-29(20-22)15-11-21-8-3-2-4-9-21/h2-4,7-10,17,22-23H,5-6,11-16,18-20H2,1H3,(H2,26,27,28). The Morgan fingerprint density at radius 2 is 1.94 bits per heavy atom. The quantitative estimate of drug-likeness (QED) is 0.479. The molecular weight excluding hydrogens is 386 g/mol. The normalized spacial score (nSPS) is 21.5. The molecule has 2 aromatic rings. The number of nitrogens with one attached hydrogen (secondary N) is 2. The molecule has 6 heteroatoms. The number of aliphatic imine (C=N–C) groups is 1. The SMILES string of the molecule is CN=C(NCC1CCN(CCc2ccccc2)C1)NCC(c1ccco1)N1CCCC1. The van der Waals surface area contributed by atoms with Crippen molar-refractivity contribution in [3.8, 4) is 0 Å². The van der Waals surface area contributed by atoms with Gasteiger partial charge in [0.1, 0.15) is 5.76 Å². The summed E-state index contributed by atoms with van der Waals surface area (Å²) in [5.41, 5.74) is 1.43. The molecule has 0 aliphatic carbocycles. The van der Waals surface area contributed by atoms with Crippen molar-refractivity contribution < 1.29 is 4.42 Å². The summed E-state index contributed by atoms with van der Waals surface area (Å²) in [5, 5.41) is 7.10. The van der Waals surface area contributed by atoms with E-state index in [1.165, 1.54) is 37.9 Å². The Kier molecular flexibility index (Phi) is 8.02. The number of rotatable bonds is 9. The average molecular weight is 424 g/mol. The maximum Gasteiger partial charge on any atom is 0.191 e. The Morgan fingerprint density at radius 3 is 2.68 bits per heavy atom.